The number of hydrogen-bond donors (Lipinski definition) is 0. The van der Waals surface area contributed by atoms with E-state index < -0.39 is 24.3 Å². The van der Waals surface area contributed by atoms with Gasteiger partial charge in [0.2, 0.25) is 0 Å². The van der Waals surface area contributed by atoms with Crippen LogP contribution in [-0.2, 0) is 33.3 Å². The third-order valence-corrected chi connectivity index (χ3v) is 8.88. The zero-order valence-electron chi connectivity index (χ0n) is 37.1. The van der Waals surface area contributed by atoms with Crippen LogP contribution in [-0.4, -0.2) is 82.3 Å². The van der Waals surface area contributed by atoms with Gasteiger partial charge in [-0.3, -0.25) is 9.59 Å². The van der Waals surface area contributed by atoms with Gasteiger partial charge in [-0.2, -0.15) is 0 Å². The lowest BCUT2D eigenvalue weighted by Crippen LogP contribution is -2.44. The number of carboxylic acid groups (broad SMARTS) is 1. The number of carbonyl (C=O) groups excluding carboxylic acids is 3. The van der Waals surface area contributed by atoms with Gasteiger partial charge in [-0.1, -0.05) is 131 Å². The number of likely N-dealkylation sites (N-methyl/N-ethyl adjacent to an activating group) is 1. The number of rotatable bonds is 39. The fourth-order valence-corrected chi connectivity index (χ4v) is 5.41. The molecule has 2 unspecified atom stereocenters. The lowest BCUT2D eigenvalue weighted by molar-refractivity contribution is -0.870. The number of unbranched alkanes of at least 4 members (excludes halogenated alkanes) is 10. The number of ether oxygens (including phenoxy) is 4. The average molecular weight is 812 g/mol. The van der Waals surface area contributed by atoms with Crippen LogP contribution in [0.5, 0.6) is 0 Å². The Kier molecular flexibility index (Phi) is 37.8. The second kappa shape index (κ2) is 40.3. The molecule has 0 spiro atoms. The Morgan fingerprint density at radius 2 is 0.983 bits per heavy atom. The molecular formula is C49H81NO8. The van der Waals surface area contributed by atoms with Crippen molar-refractivity contribution in [3.05, 3.63) is 85.1 Å². The molecule has 0 radical (unpaired) electrons. The normalized spacial score (nSPS) is 13.7. The van der Waals surface area contributed by atoms with Crippen molar-refractivity contribution in [2.45, 2.75) is 161 Å². The largest absolute Gasteiger partial charge is 0.545 e. The Bertz CT molecular complexity index is 1220. The van der Waals surface area contributed by atoms with Crippen LogP contribution in [0.25, 0.3) is 0 Å². The molecule has 0 saturated heterocycles. The Hall–Kier alpha value is -3.53. The summed E-state index contributed by atoms with van der Waals surface area (Å²) in [6, 6.07) is 0. The summed E-state index contributed by atoms with van der Waals surface area (Å²) in [6.07, 6.45) is 47.6. The Morgan fingerprint density at radius 3 is 1.52 bits per heavy atom. The first kappa shape index (κ1) is 54.5. The average Bonchev–Trinajstić information content (AvgIpc) is 3.18. The zero-order valence-corrected chi connectivity index (χ0v) is 37.1. The first-order chi connectivity index (χ1) is 28.1. The Balaban J connectivity index is 4.55. The van der Waals surface area contributed by atoms with Crippen LogP contribution < -0.4 is 5.11 Å². The monoisotopic (exact) mass is 812 g/mol. The molecule has 9 heteroatoms. The molecule has 0 aliphatic rings. The van der Waals surface area contributed by atoms with Crippen molar-refractivity contribution in [2.75, 3.05) is 47.5 Å². The van der Waals surface area contributed by atoms with Gasteiger partial charge in [0.25, 0.3) is 0 Å². The quantitative estimate of drug-likeness (QED) is 0.0198. The summed E-state index contributed by atoms with van der Waals surface area (Å²) in [5, 5.41) is 11.7. The van der Waals surface area contributed by atoms with Gasteiger partial charge in [0.1, 0.15) is 13.2 Å². The highest BCUT2D eigenvalue weighted by Gasteiger charge is 2.21. The molecule has 0 heterocycles. The summed E-state index contributed by atoms with van der Waals surface area (Å²) < 4.78 is 22.5. The summed E-state index contributed by atoms with van der Waals surface area (Å²) >= 11 is 0. The number of esters is 2. The second-order valence-electron chi connectivity index (χ2n) is 15.6. The van der Waals surface area contributed by atoms with Crippen LogP contribution in [0.4, 0.5) is 0 Å². The molecule has 0 aromatic heterocycles. The van der Waals surface area contributed by atoms with E-state index in [4.69, 9.17) is 18.9 Å². The smallest absolute Gasteiger partial charge is 0.306 e. The van der Waals surface area contributed by atoms with Crippen LogP contribution in [0, 0.1) is 0 Å². The standard InChI is InChI=1S/C49H81NO8/c1-6-8-10-12-14-16-18-20-21-22-23-24-25-26-27-28-30-32-34-36-38-40-47(52)58-45(44-57-49(48(53)54)55-42-41-50(3,4)5)43-56-46(51)39-37-35-33-31-29-19-17-15-13-11-9-7-2/h8,10,14-17,20-21,23-24,26-27,30,32,45,49H,6-7,9,11-13,18-19,22,25,28-29,31,33-44H2,1-5H3/b10-8-,16-14-,17-15-,21-20-,24-23-,27-26-,32-30-. The molecule has 0 fully saturated rings. The highest BCUT2D eigenvalue weighted by molar-refractivity contribution is 5.70. The lowest BCUT2D eigenvalue weighted by atomic mass is 10.1. The summed E-state index contributed by atoms with van der Waals surface area (Å²) in [5.41, 5.74) is 0. The molecule has 0 rings (SSSR count). The molecule has 9 nitrogen and oxygen atoms in total. The van der Waals surface area contributed by atoms with Crippen LogP contribution in [0.15, 0.2) is 85.1 Å². The van der Waals surface area contributed by atoms with Crippen LogP contribution >= 0.6 is 0 Å². The van der Waals surface area contributed by atoms with Crippen molar-refractivity contribution >= 4 is 17.9 Å². The maximum atomic E-state index is 12.7. The topological polar surface area (TPSA) is 111 Å². The SMILES string of the molecule is CC/C=C\C/C=C\C/C=C\C/C=C\C/C=C\C/C=C\CCCCC(=O)OC(COC(=O)CCCCCCC/C=C\CCCCC)COC(OCC[N+](C)(C)C)C(=O)[O-]. The molecule has 0 amide bonds. The highest BCUT2D eigenvalue weighted by Crippen LogP contribution is 2.11. The summed E-state index contributed by atoms with van der Waals surface area (Å²) in [4.78, 5) is 36.9. The second-order valence-corrected chi connectivity index (χ2v) is 15.6. The van der Waals surface area contributed by atoms with Crippen molar-refractivity contribution in [1.29, 1.82) is 0 Å². The third-order valence-electron chi connectivity index (χ3n) is 8.88. The van der Waals surface area contributed by atoms with Gasteiger partial charge in [0.05, 0.1) is 40.3 Å². The van der Waals surface area contributed by atoms with E-state index in [1.165, 1.54) is 19.3 Å². The number of hydrogen-bond acceptors (Lipinski definition) is 8. The Labute approximate surface area is 353 Å². The summed E-state index contributed by atoms with van der Waals surface area (Å²) in [7, 11) is 5.88. The highest BCUT2D eigenvalue weighted by atomic mass is 16.7. The van der Waals surface area contributed by atoms with Gasteiger partial charge >= 0.3 is 11.9 Å². The minimum absolute atomic E-state index is 0.133. The number of quaternary nitrogens is 1. The minimum atomic E-state index is -1.64. The number of nitrogens with zero attached hydrogens (tertiary/aromatic N) is 1. The van der Waals surface area contributed by atoms with Crippen LogP contribution in [0.2, 0.25) is 0 Å². The molecule has 0 aliphatic carbocycles. The molecule has 0 aromatic carbocycles. The van der Waals surface area contributed by atoms with E-state index in [1.54, 1.807) is 0 Å². The summed E-state index contributed by atoms with van der Waals surface area (Å²) in [5.74, 6) is -2.37. The van der Waals surface area contributed by atoms with Crippen molar-refractivity contribution in [3.63, 3.8) is 0 Å². The number of carboxylic acids is 1. The van der Waals surface area contributed by atoms with Crippen molar-refractivity contribution in [2.24, 2.45) is 0 Å². The predicted molar refractivity (Wildman–Crippen MR) is 237 cm³/mol. The van der Waals surface area contributed by atoms with Gasteiger partial charge < -0.3 is 33.3 Å². The van der Waals surface area contributed by atoms with E-state index in [-0.39, 0.29) is 38.6 Å². The van der Waals surface area contributed by atoms with E-state index in [0.29, 0.717) is 17.4 Å². The fraction of sp³-hybridized carbons (Fsp3) is 0.653. The van der Waals surface area contributed by atoms with E-state index in [9.17, 15) is 19.5 Å². The maximum Gasteiger partial charge on any atom is 0.306 e. The maximum absolute atomic E-state index is 12.7. The molecule has 0 aromatic rings. The fourth-order valence-electron chi connectivity index (χ4n) is 5.41. The molecule has 0 saturated carbocycles. The van der Waals surface area contributed by atoms with Crippen molar-refractivity contribution in [1.82, 2.24) is 0 Å². The van der Waals surface area contributed by atoms with Crippen molar-refractivity contribution < 1.29 is 42.9 Å². The minimum Gasteiger partial charge on any atom is -0.545 e. The number of aliphatic carboxylic acids is 1. The van der Waals surface area contributed by atoms with Gasteiger partial charge in [-0.05, 0) is 89.9 Å². The van der Waals surface area contributed by atoms with E-state index in [1.807, 2.05) is 21.1 Å². The predicted octanol–water partition coefficient (Wildman–Crippen LogP) is 10.4. The van der Waals surface area contributed by atoms with E-state index >= 15 is 0 Å². The summed E-state index contributed by atoms with van der Waals surface area (Å²) in [6.45, 7) is 4.51. The van der Waals surface area contributed by atoms with Gasteiger partial charge in [0.15, 0.2) is 12.4 Å². The van der Waals surface area contributed by atoms with Gasteiger partial charge in [0, 0.05) is 12.8 Å². The first-order valence-corrected chi connectivity index (χ1v) is 22.2. The zero-order chi connectivity index (χ0) is 42.8. The van der Waals surface area contributed by atoms with Crippen molar-refractivity contribution in [3.8, 4) is 0 Å². The van der Waals surface area contributed by atoms with Crippen LogP contribution in [0.3, 0.4) is 0 Å². The Morgan fingerprint density at radius 1 is 0.534 bits per heavy atom. The molecule has 2 atom stereocenters. The van der Waals surface area contributed by atoms with Gasteiger partial charge in [-0.15, -0.1) is 0 Å². The molecular weight excluding hydrogens is 731 g/mol. The van der Waals surface area contributed by atoms with E-state index in [2.05, 4.69) is 98.9 Å². The molecule has 330 valence electrons. The van der Waals surface area contributed by atoms with Crippen LogP contribution in [0.1, 0.15) is 149 Å². The van der Waals surface area contributed by atoms with Gasteiger partial charge in [-0.25, -0.2) is 0 Å². The number of allylic oxidation sites excluding steroid dienone is 14. The number of carbonyl (C=O) groups is 3. The molecule has 58 heavy (non-hydrogen) atoms. The third kappa shape index (κ3) is 40.7. The first-order valence-electron chi connectivity index (χ1n) is 22.2. The molecule has 0 N–H and O–H groups in total. The lowest BCUT2D eigenvalue weighted by Gasteiger charge is -2.26. The van der Waals surface area contributed by atoms with E-state index in [0.717, 1.165) is 96.3 Å². The molecule has 0 aliphatic heterocycles. The molecule has 0 bridgehead atoms.